The third-order valence-electron chi connectivity index (χ3n) is 2.57. The van der Waals surface area contributed by atoms with E-state index in [9.17, 15) is 14.4 Å². The fourth-order valence-corrected chi connectivity index (χ4v) is 1.63. The van der Waals surface area contributed by atoms with Crippen LogP contribution in [0.5, 0.6) is 0 Å². The number of hydrogen-bond acceptors (Lipinski definition) is 3. The number of rotatable bonds is 4. The molecule has 0 bridgehead atoms. The Balaban J connectivity index is 2.31. The number of nitrogens with one attached hydrogen (secondary N) is 1. The molecule has 1 saturated heterocycles. The summed E-state index contributed by atoms with van der Waals surface area (Å²) in [6.45, 7) is 1.01. The average Bonchev–Trinajstić information content (AvgIpc) is 2.78. The van der Waals surface area contributed by atoms with Gasteiger partial charge in [0.2, 0.25) is 5.91 Å². The van der Waals surface area contributed by atoms with Crippen LogP contribution in [0.1, 0.15) is 12.8 Å². The fourth-order valence-electron chi connectivity index (χ4n) is 1.63. The first-order chi connectivity index (χ1) is 8.00. The minimum atomic E-state index is -1.11. The van der Waals surface area contributed by atoms with Gasteiger partial charge in [-0.15, -0.1) is 0 Å². The summed E-state index contributed by atoms with van der Waals surface area (Å²) in [6.07, 6.45) is 2.00. The van der Waals surface area contributed by atoms with Crippen LogP contribution in [0, 0.1) is 0 Å². The molecule has 2 N–H and O–H groups in total. The minimum absolute atomic E-state index is 0.0224. The molecule has 1 heterocycles. The van der Waals surface area contributed by atoms with Crippen molar-refractivity contribution in [1.29, 1.82) is 0 Å². The second-order valence-electron chi connectivity index (χ2n) is 4.00. The Labute approximate surface area is 99.4 Å². The van der Waals surface area contributed by atoms with Crippen molar-refractivity contribution < 1.29 is 19.5 Å². The van der Waals surface area contributed by atoms with Gasteiger partial charge >= 0.3 is 12.0 Å². The Bertz CT molecular complexity index is 313. The van der Waals surface area contributed by atoms with E-state index >= 15 is 0 Å². The smallest absolute Gasteiger partial charge is 0.323 e. The van der Waals surface area contributed by atoms with Crippen molar-refractivity contribution in [3.8, 4) is 0 Å². The maximum Gasteiger partial charge on any atom is 0.323 e. The van der Waals surface area contributed by atoms with Crippen molar-refractivity contribution in [1.82, 2.24) is 15.1 Å². The van der Waals surface area contributed by atoms with Gasteiger partial charge in [-0.25, -0.2) is 4.79 Å². The lowest BCUT2D eigenvalue weighted by Crippen LogP contribution is -2.45. The van der Waals surface area contributed by atoms with Gasteiger partial charge < -0.3 is 20.2 Å². The molecule has 1 aliphatic heterocycles. The molecule has 0 unspecified atom stereocenters. The Hall–Kier alpha value is -1.79. The maximum atomic E-state index is 11.7. The Morgan fingerprint density at radius 2 is 1.88 bits per heavy atom. The number of hydrogen-bond donors (Lipinski definition) is 2. The minimum Gasteiger partial charge on any atom is -0.480 e. The van der Waals surface area contributed by atoms with Gasteiger partial charge in [0.25, 0.3) is 0 Å². The summed E-state index contributed by atoms with van der Waals surface area (Å²) < 4.78 is 0. The number of carboxylic acid groups (broad SMARTS) is 1. The molecule has 17 heavy (non-hydrogen) atoms. The molecule has 0 radical (unpaired) electrons. The number of nitrogens with zero attached hydrogens (tertiary/aromatic N) is 2. The molecule has 0 aliphatic carbocycles. The Kier molecular flexibility index (Phi) is 4.74. The van der Waals surface area contributed by atoms with E-state index in [2.05, 4.69) is 5.32 Å². The molecule has 0 aromatic rings. The van der Waals surface area contributed by atoms with Crippen molar-refractivity contribution in [2.75, 3.05) is 33.2 Å². The zero-order valence-corrected chi connectivity index (χ0v) is 9.81. The molecule has 0 aromatic heterocycles. The SMILES string of the molecule is CN(CC(=O)N1CCCC1)C(=O)NCC(=O)O. The van der Waals surface area contributed by atoms with E-state index in [0.717, 1.165) is 25.9 Å². The molecular formula is C10H17N3O4. The third-order valence-corrected chi connectivity index (χ3v) is 2.57. The molecule has 0 saturated carbocycles. The highest BCUT2D eigenvalue weighted by Crippen LogP contribution is 2.07. The van der Waals surface area contributed by atoms with Gasteiger partial charge in [-0.3, -0.25) is 9.59 Å². The molecule has 0 aromatic carbocycles. The molecule has 1 aliphatic rings. The van der Waals surface area contributed by atoms with Crippen LogP contribution in [0.25, 0.3) is 0 Å². The first-order valence-corrected chi connectivity index (χ1v) is 5.49. The van der Waals surface area contributed by atoms with Crippen molar-refractivity contribution in [2.45, 2.75) is 12.8 Å². The predicted molar refractivity (Wildman–Crippen MR) is 59.5 cm³/mol. The van der Waals surface area contributed by atoms with Gasteiger partial charge in [0.05, 0.1) is 0 Å². The highest BCUT2D eigenvalue weighted by molar-refractivity contribution is 5.85. The van der Waals surface area contributed by atoms with Crippen LogP contribution in [0.2, 0.25) is 0 Å². The van der Waals surface area contributed by atoms with Gasteiger partial charge in [-0.2, -0.15) is 0 Å². The summed E-state index contributed by atoms with van der Waals surface area (Å²) in [5.41, 5.74) is 0. The number of likely N-dealkylation sites (N-methyl/N-ethyl adjacent to an activating group) is 1. The van der Waals surface area contributed by atoms with E-state index in [0.29, 0.717) is 0 Å². The summed E-state index contributed by atoms with van der Waals surface area (Å²) in [5.74, 6) is -1.21. The molecule has 7 nitrogen and oxygen atoms in total. The molecule has 7 heteroatoms. The van der Waals surface area contributed by atoms with E-state index in [1.165, 1.54) is 11.9 Å². The maximum absolute atomic E-state index is 11.7. The summed E-state index contributed by atoms with van der Waals surface area (Å²) >= 11 is 0. The third kappa shape index (κ3) is 4.29. The number of carbonyl (C=O) groups excluding carboxylic acids is 2. The van der Waals surface area contributed by atoms with Crippen LogP contribution in [-0.4, -0.2) is 66.0 Å². The van der Waals surface area contributed by atoms with Crippen LogP contribution in [0.3, 0.4) is 0 Å². The molecule has 1 fully saturated rings. The summed E-state index contributed by atoms with van der Waals surface area (Å²) in [4.78, 5) is 36.2. The summed E-state index contributed by atoms with van der Waals surface area (Å²) in [7, 11) is 1.46. The normalized spacial score (nSPS) is 14.5. The predicted octanol–water partition coefficient (Wildman–Crippen LogP) is -0.665. The first-order valence-electron chi connectivity index (χ1n) is 5.49. The lowest BCUT2D eigenvalue weighted by atomic mass is 10.4. The first kappa shape index (κ1) is 13.3. The van der Waals surface area contributed by atoms with E-state index in [1.54, 1.807) is 4.90 Å². The quantitative estimate of drug-likeness (QED) is 0.685. The second kappa shape index (κ2) is 6.07. The number of aliphatic carboxylic acids is 1. The zero-order chi connectivity index (χ0) is 12.8. The lowest BCUT2D eigenvalue weighted by molar-refractivity contribution is -0.135. The lowest BCUT2D eigenvalue weighted by Gasteiger charge is -2.21. The van der Waals surface area contributed by atoms with E-state index in [-0.39, 0.29) is 12.5 Å². The van der Waals surface area contributed by atoms with Crippen molar-refractivity contribution in [3.05, 3.63) is 0 Å². The largest absolute Gasteiger partial charge is 0.480 e. The van der Waals surface area contributed by atoms with Crippen molar-refractivity contribution in [3.63, 3.8) is 0 Å². The highest BCUT2D eigenvalue weighted by Gasteiger charge is 2.21. The fraction of sp³-hybridized carbons (Fsp3) is 0.700. The molecular weight excluding hydrogens is 226 g/mol. The van der Waals surface area contributed by atoms with E-state index in [4.69, 9.17) is 5.11 Å². The van der Waals surface area contributed by atoms with Crippen LogP contribution in [-0.2, 0) is 9.59 Å². The molecule has 1 rings (SSSR count). The monoisotopic (exact) mass is 243 g/mol. The summed E-state index contributed by atoms with van der Waals surface area (Å²) in [6, 6.07) is -0.556. The van der Waals surface area contributed by atoms with E-state index in [1.807, 2.05) is 0 Å². The Morgan fingerprint density at radius 1 is 1.29 bits per heavy atom. The average molecular weight is 243 g/mol. The molecule has 3 amide bonds. The standard InChI is InChI=1S/C10H17N3O4/c1-12(10(17)11-6-9(15)16)7-8(14)13-4-2-3-5-13/h2-7H2,1H3,(H,11,17)(H,15,16). The van der Waals surface area contributed by atoms with Crippen molar-refractivity contribution in [2.24, 2.45) is 0 Å². The number of carboxylic acids is 1. The van der Waals surface area contributed by atoms with Crippen molar-refractivity contribution >= 4 is 17.9 Å². The second-order valence-corrected chi connectivity index (χ2v) is 4.00. The zero-order valence-electron chi connectivity index (χ0n) is 9.81. The van der Waals surface area contributed by atoms with Gasteiger partial charge in [0.15, 0.2) is 0 Å². The number of urea groups is 1. The highest BCUT2D eigenvalue weighted by atomic mass is 16.4. The molecule has 96 valence electrons. The van der Waals surface area contributed by atoms with E-state index < -0.39 is 18.5 Å². The number of carbonyl (C=O) groups is 3. The van der Waals surface area contributed by atoms with Crippen LogP contribution in [0.15, 0.2) is 0 Å². The van der Waals surface area contributed by atoms with Crippen LogP contribution >= 0.6 is 0 Å². The summed E-state index contributed by atoms with van der Waals surface area (Å²) in [5, 5.41) is 10.6. The topological polar surface area (TPSA) is 90.0 Å². The number of likely N-dealkylation sites (tertiary alicyclic amines) is 1. The Morgan fingerprint density at radius 3 is 2.41 bits per heavy atom. The number of amides is 3. The van der Waals surface area contributed by atoms with Gasteiger partial charge in [0, 0.05) is 20.1 Å². The van der Waals surface area contributed by atoms with Crippen LogP contribution in [0.4, 0.5) is 4.79 Å². The van der Waals surface area contributed by atoms with Gasteiger partial charge in [0.1, 0.15) is 13.1 Å². The molecule has 0 atom stereocenters. The van der Waals surface area contributed by atoms with Gasteiger partial charge in [-0.1, -0.05) is 0 Å². The van der Waals surface area contributed by atoms with Gasteiger partial charge in [-0.05, 0) is 12.8 Å². The van der Waals surface area contributed by atoms with Crippen LogP contribution < -0.4 is 5.32 Å². The molecule has 0 spiro atoms.